The Morgan fingerprint density at radius 3 is 2.30 bits per heavy atom. The van der Waals surface area contributed by atoms with Crippen molar-refractivity contribution >= 4 is 67.9 Å². The Kier molecular flexibility index (Phi) is 12.0. The fourth-order valence-electron chi connectivity index (χ4n) is 5.32. The molecule has 0 radical (unpaired) electrons. The number of thioether (sulfide) groups is 1. The lowest BCUT2D eigenvalue weighted by atomic mass is 10.1. The number of methoxy groups -OCH3 is 2. The monoisotopic (exact) mass is 744 g/mol. The molecule has 1 atom stereocenters. The smallest absolute Gasteiger partial charge is 0.272 e. The first-order valence-electron chi connectivity index (χ1n) is 16.6. The van der Waals surface area contributed by atoms with Crippen molar-refractivity contribution in [2.24, 2.45) is 0 Å². The van der Waals surface area contributed by atoms with Crippen LogP contribution in [0.5, 0.6) is 17.2 Å². The molecule has 0 saturated heterocycles. The molecule has 6 aromatic rings. The van der Waals surface area contributed by atoms with Crippen LogP contribution in [0.2, 0.25) is 0 Å². The average Bonchev–Trinajstić information content (AvgIpc) is 3.59. The van der Waals surface area contributed by atoms with E-state index in [9.17, 15) is 14.4 Å². The summed E-state index contributed by atoms with van der Waals surface area (Å²) in [6.07, 6.45) is 1.56. The molecule has 12 heteroatoms. The van der Waals surface area contributed by atoms with Gasteiger partial charge in [-0.25, -0.2) is 4.98 Å². The predicted molar refractivity (Wildman–Crippen MR) is 211 cm³/mol. The molecule has 53 heavy (non-hydrogen) atoms. The Morgan fingerprint density at radius 2 is 1.57 bits per heavy atom. The van der Waals surface area contributed by atoms with Crippen LogP contribution < -0.4 is 30.2 Å². The van der Waals surface area contributed by atoms with Crippen LogP contribution in [0, 0.1) is 0 Å². The summed E-state index contributed by atoms with van der Waals surface area (Å²) in [5.74, 6) is 0.494. The van der Waals surface area contributed by atoms with E-state index in [1.54, 1.807) is 72.8 Å². The first-order chi connectivity index (χ1) is 25.8. The highest BCUT2D eigenvalue weighted by Crippen LogP contribution is 2.38. The van der Waals surface area contributed by atoms with Crippen LogP contribution in [0.25, 0.3) is 16.3 Å². The van der Waals surface area contributed by atoms with Gasteiger partial charge in [0.2, 0.25) is 5.91 Å². The van der Waals surface area contributed by atoms with E-state index in [0.717, 1.165) is 26.4 Å². The molecule has 0 fully saturated rings. The molecule has 0 aliphatic rings. The molecule has 10 nitrogen and oxygen atoms in total. The second-order valence-corrected chi connectivity index (χ2v) is 13.7. The quantitative estimate of drug-likeness (QED) is 0.0748. The molecular weight excluding hydrogens is 709 g/mol. The zero-order valence-corrected chi connectivity index (χ0v) is 30.8. The maximum Gasteiger partial charge on any atom is 0.272 e. The van der Waals surface area contributed by atoms with E-state index in [0.29, 0.717) is 40.1 Å². The molecule has 3 N–H and O–H groups in total. The van der Waals surface area contributed by atoms with Crippen LogP contribution in [-0.4, -0.2) is 43.5 Å². The van der Waals surface area contributed by atoms with Gasteiger partial charge < -0.3 is 30.2 Å². The van der Waals surface area contributed by atoms with Gasteiger partial charge in [-0.05, 0) is 84.8 Å². The van der Waals surface area contributed by atoms with Crippen LogP contribution in [0.15, 0.2) is 132 Å². The SMILES string of the molecule is CCOc1ccc2nc(NC(=O)C(Sc3cccc(NC(=O)/C(=C\c4ccc(OC)c(OC)c4)NC(=O)c4ccccc4)c3)c3ccccc3)sc2c1. The fourth-order valence-corrected chi connectivity index (χ4v) is 7.30. The highest BCUT2D eigenvalue weighted by molar-refractivity contribution is 8.00. The fraction of sp³-hybridized carbons (Fsp3) is 0.122. The van der Waals surface area contributed by atoms with E-state index in [1.165, 1.54) is 37.3 Å². The van der Waals surface area contributed by atoms with E-state index in [-0.39, 0.29) is 11.6 Å². The summed E-state index contributed by atoms with van der Waals surface area (Å²) in [5, 5.41) is 8.52. The molecule has 0 bridgehead atoms. The summed E-state index contributed by atoms with van der Waals surface area (Å²) in [5.41, 5.74) is 3.03. The molecule has 1 unspecified atom stereocenters. The molecule has 6 rings (SSSR count). The normalized spacial score (nSPS) is 11.7. The lowest BCUT2D eigenvalue weighted by Crippen LogP contribution is -2.30. The summed E-state index contributed by atoms with van der Waals surface area (Å²) in [4.78, 5) is 46.2. The van der Waals surface area contributed by atoms with Crippen LogP contribution in [0.1, 0.15) is 33.7 Å². The van der Waals surface area contributed by atoms with Crippen molar-refractivity contribution < 1.29 is 28.6 Å². The van der Waals surface area contributed by atoms with Gasteiger partial charge in [-0.15, -0.1) is 11.8 Å². The van der Waals surface area contributed by atoms with E-state index in [2.05, 4.69) is 20.9 Å². The summed E-state index contributed by atoms with van der Waals surface area (Å²) in [7, 11) is 3.06. The molecule has 3 amide bonds. The minimum absolute atomic E-state index is 0.00915. The number of amides is 3. The van der Waals surface area contributed by atoms with Crippen LogP contribution in [-0.2, 0) is 9.59 Å². The number of rotatable bonds is 14. The van der Waals surface area contributed by atoms with Crippen molar-refractivity contribution in [3.05, 3.63) is 144 Å². The second kappa shape index (κ2) is 17.4. The molecular formula is C41H36N4O6S2. The highest BCUT2D eigenvalue weighted by atomic mass is 32.2. The number of thiazole rings is 1. The average molecular weight is 745 g/mol. The molecule has 268 valence electrons. The van der Waals surface area contributed by atoms with Gasteiger partial charge in [0.25, 0.3) is 11.8 Å². The Hall–Kier alpha value is -6.11. The largest absolute Gasteiger partial charge is 0.494 e. The van der Waals surface area contributed by atoms with Crippen molar-refractivity contribution in [1.29, 1.82) is 0 Å². The number of hydrogen-bond acceptors (Lipinski definition) is 9. The number of nitrogens with zero attached hydrogens (tertiary/aromatic N) is 1. The van der Waals surface area contributed by atoms with Crippen LogP contribution in [0.4, 0.5) is 10.8 Å². The first-order valence-corrected chi connectivity index (χ1v) is 18.3. The maximum absolute atomic E-state index is 13.9. The van der Waals surface area contributed by atoms with Crippen molar-refractivity contribution in [2.75, 3.05) is 31.5 Å². The third-order valence-electron chi connectivity index (χ3n) is 7.83. The molecule has 1 aromatic heterocycles. The Bertz CT molecular complexity index is 2260. The van der Waals surface area contributed by atoms with Gasteiger partial charge in [0, 0.05) is 16.1 Å². The van der Waals surface area contributed by atoms with Crippen molar-refractivity contribution in [1.82, 2.24) is 10.3 Å². The van der Waals surface area contributed by atoms with Crippen LogP contribution >= 0.6 is 23.1 Å². The standard InChI is InChI=1S/C41H36N4O6S2/c1-4-51-30-19-20-32-36(25-30)53-41(44-32)45-40(48)37(27-12-7-5-8-13-27)52-31-17-11-16-29(24-31)42-39(47)33(43-38(46)28-14-9-6-10-15-28)22-26-18-21-34(49-2)35(23-26)50-3/h5-25,37H,4H2,1-3H3,(H,42,47)(H,43,46)(H,44,45,48)/b33-22+. The minimum atomic E-state index is -0.640. The molecule has 5 aromatic carbocycles. The molecule has 0 aliphatic heterocycles. The molecule has 0 aliphatic carbocycles. The molecule has 0 spiro atoms. The zero-order valence-electron chi connectivity index (χ0n) is 29.1. The Labute approximate surface area is 315 Å². The van der Waals surface area contributed by atoms with Crippen molar-refractivity contribution in [2.45, 2.75) is 17.1 Å². The third-order valence-corrected chi connectivity index (χ3v) is 10.0. The van der Waals surface area contributed by atoms with Gasteiger partial charge >= 0.3 is 0 Å². The van der Waals surface area contributed by atoms with Crippen LogP contribution in [0.3, 0.4) is 0 Å². The first kappa shape index (κ1) is 36.7. The van der Waals surface area contributed by atoms with Gasteiger partial charge in [0.05, 0.1) is 31.0 Å². The summed E-state index contributed by atoms with van der Waals surface area (Å²) < 4.78 is 17.3. The maximum atomic E-state index is 13.9. The van der Waals surface area contributed by atoms with E-state index >= 15 is 0 Å². The van der Waals surface area contributed by atoms with Gasteiger partial charge in [0.15, 0.2) is 16.6 Å². The summed E-state index contributed by atoms with van der Waals surface area (Å²) in [6, 6.07) is 36.1. The number of benzene rings is 5. The lowest BCUT2D eigenvalue weighted by molar-refractivity contribution is -0.116. The Morgan fingerprint density at radius 1 is 0.811 bits per heavy atom. The number of hydrogen-bond donors (Lipinski definition) is 3. The van der Waals surface area contributed by atoms with Gasteiger partial charge in [-0.3, -0.25) is 14.4 Å². The van der Waals surface area contributed by atoms with Gasteiger partial charge in [-0.1, -0.05) is 72.0 Å². The number of anilines is 2. The van der Waals surface area contributed by atoms with Gasteiger partial charge in [-0.2, -0.15) is 0 Å². The molecule has 1 heterocycles. The van der Waals surface area contributed by atoms with E-state index in [4.69, 9.17) is 14.2 Å². The van der Waals surface area contributed by atoms with Crippen molar-refractivity contribution in [3.8, 4) is 17.2 Å². The third kappa shape index (κ3) is 9.42. The summed E-state index contributed by atoms with van der Waals surface area (Å²) >= 11 is 2.71. The van der Waals surface area contributed by atoms with Gasteiger partial charge in [0.1, 0.15) is 16.7 Å². The number of fused-ring (bicyclic) bond motifs is 1. The second-order valence-electron chi connectivity index (χ2n) is 11.5. The topological polar surface area (TPSA) is 128 Å². The van der Waals surface area contributed by atoms with Crippen molar-refractivity contribution in [3.63, 3.8) is 0 Å². The Balaban J connectivity index is 1.24. The van der Waals surface area contributed by atoms with E-state index < -0.39 is 17.1 Å². The predicted octanol–water partition coefficient (Wildman–Crippen LogP) is 8.59. The highest BCUT2D eigenvalue weighted by Gasteiger charge is 2.24. The number of carbonyl (C=O) groups excluding carboxylic acids is 3. The summed E-state index contributed by atoms with van der Waals surface area (Å²) in [6.45, 7) is 2.48. The molecule has 0 saturated carbocycles. The number of ether oxygens (including phenoxy) is 3. The van der Waals surface area contributed by atoms with E-state index in [1.807, 2.05) is 61.5 Å². The lowest BCUT2D eigenvalue weighted by Gasteiger charge is -2.17. The number of aromatic nitrogens is 1. The minimum Gasteiger partial charge on any atom is -0.494 e. The number of nitrogens with one attached hydrogen (secondary N) is 3. The number of carbonyl (C=O) groups is 3. The zero-order chi connectivity index (χ0) is 37.2.